The molecule has 2 aliphatic rings. The molecule has 0 radical (unpaired) electrons. The topological polar surface area (TPSA) is 107 Å². The summed E-state index contributed by atoms with van der Waals surface area (Å²) < 4.78 is 11.8. The Morgan fingerprint density at radius 2 is 2.06 bits per heavy atom. The second kappa shape index (κ2) is 8.55. The van der Waals surface area contributed by atoms with E-state index in [2.05, 4.69) is 10.4 Å². The number of nitrogens with one attached hydrogen (secondary N) is 1. The van der Waals surface area contributed by atoms with Gasteiger partial charge in [-0.3, -0.25) is 20.0 Å². The third kappa shape index (κ3) is 3.83. The Morgan fingerprint density at radius 1 is 1.29 bits per heavy atom. The molecule has 2 heterocycles. The van der Waals surface area contributed by atoms with Crippen LogP contribution in [0.5, 0.6) is 11.5 Å². The van der Waals surface area contributed by atoms with Gasteiger partial charge in [-0.15, -0.1) is 0 Å². The quantitative estimate of drug-likeness (QED) is 0.706. The number of amides is 2. The molecule has 0 bridgehead atoms. The first-order valence-electron chi connectivity index (χ1n) is 10.5. The van der Waals surface area contributed by atoms with E-state index in [1.54, 1.807) is 43.7 Å². The highest BCUT2D eigenvalue weighted by Gasteiger charge is 2.54. The maximum absolute atomic E-state index is 12.8. The van der Waals surface area contributed by atoms with Crippen LogP contribution in [0.2, 0.25) is 0 Å². The average Bonchev–Trinajstić information content (AvgIpc) is 3.36. The van der Waals surface area contributed by atoms with Crippen LogP contribution < -0.4 is 20.6 Å². The summed E-state index contributed by atoms with van der Waals surface area (Å²) in [6, 6.07) is 9.12. The van der Waals surface area contributed by atoms with Gasteiger partial charge in [-0.05, 0) is 55.0 Å². The van der Waals surface area contributed by atoms with Gasteiger partial charge in [-0.2, -0.15) is 0 Å². The van der Waals surface area contributed by atoms with E-state index in [1.807, 2.05) is 18.2 Å². The minimum atomic E-state index is -1.04. The van der Waals surface area contributed by atoms with Crippen molar-refractivity contribution < 1.29 is 19.1 Å². The fourth-order valence-electron chi connectivity index (χ4n) is 4.89. The monoisotopic (exact) mass is 424 g/mol. The molecule has 2 atom stereocenters. The number of nitrogens with two attached hydrogens (primary N) is 1. The van der Waals surface area contributed by atoms with Gasteiger partial charge in [0, 0.05) is 19.4 Å². The van der Waals surface area contributed by atoms with Crippen molar-refractivity contribution >= 4 is 11.8 Å². The lowest BCUT2D eigenvalue weighted by Crippen LogP contribution is -2.51. The van der Waals surface area contributed by atoms with E-state index < -0.39 is 17.4 Å². The Kier molecular flexibility index (Phi) is 5.82. The van der Waals surface area contributed by atoms with Crippen LogP contribution in [0.4, 0.5) is 0 Å². The van der Waals surface area contributed by atoms with Crippen LogP contribution in [-0.4, -0.2) is 42.1 Å². The molecule has 2 unspecified atom stereocenters. The summed E-state index contributed by atoms with van der Waals surface area (Å²) >= 11 is 0. The van der Waals surface area contributed by atoms with E-state index in [-0.39, 0.29) is 18.4 Å². The molecule has 2 amide bonds. The van der Waals surface area contributed by atoms with E-state index in [0.717, 1.165) is 31.2 Å². The minimum Gasteiger partial charge on any atom is -0.493 e. The van der Waals surface area contributed by atoms with Crippen molar-refractivity contribution in [3.8, 4) is 11.5 Å². The number of primary amides is 1. The van der Waals surface area contributed by atoms with Gasteiger partial charge < -0.3 is 15.2 Å². The van der Waals surface area contributed by atoms with Crippen molar-refractivity contribution in [3.63, 3.8) is 0 Å². The van der Waals surface area contributed by atoms with E-state index in [0.29, 0.717) is 17.1 Å². The molecule has 1 saturated heterocycles. The summed E-state index contributed by atoms with van der Waals surface area (Å²) in [4.78, 5) is 29.5. The maximum atomic E-state index is 12.8. The van der Waals surface area contributed by atoms with Crippen LogP contribution in [0.3, 0.4) is 0 Å². The molecular formula is C23H28N4O4. The lowest BCUT2D eigenvalue weighted by molar-refractivity contribution is -0.123. The summed E-state index contributed by atoms with van der Waals surface area (Å²) in [7, 11) is 3.35. The normalized spacial score (nSPS) is 22.8. The number of pyridine rings is 1. The van der Waals surface area contributed by atoms with Gasteiger partial charge in [0.15, 0.2) is 11.5 Å². The predicted octanol–water partition coefficient (Wildman–Crippen LogP) is 2.24. The average molecular weight is 425 g/mol. The molecule has 1 aliphatic heterocycles. The molecule has 4 rings (SSSR count). The van der Waals surface area contributed by atoms with Gasteiger partial charge in [-0.1, -0.05) is 12.1 Å². The molecule has 1 aliphatic carbocycles. The number of benzene rings is 1. The van der Waals surface area contributed by atoms with E-state index in [1.165, 1.54) is 0 Å². The number of methoxy groups -OCH3 is 1. The molecule has 8 heteroatoms. The third-order valence-corrected chi connectivity index (χ3v) is 6.36. The summed E-state index contributed by atoms with van der Waals surface area (Å²) in [6.45, 7) is 0. The van der Waals surface area contributed by atoms with Crippen molar-refractivity contribution in [2.45, 2.75) is 49.7 Å². The second-order valence-electron chi connectivity index (χ2n) is 8.21. The Balaban J connectivity index is 1.85. The summed E-state index contributed by atoms with van der Waals surface area (Å²) in [6.07, 6.45) is 7.73. The van der Waals surface area contributed by atoms with Crippen molar-refractivity contribution in [3.05, 3.63) is 53.9 Å². The van der Waals surface area contributed by atoms with Gasteiger partial charge in [0.05, 0.1) is 31.1 Å². The maximum Gasteiger partial charge on any atom is 0.236 e. The minimum absolute atomic E-state index is 0.0706. The summed E-state index contributed by atoms with van der Waals surface area (Å²) in [5.41, 5.74) is 9.10. The number of ether oxygens (including phenoxy) is 2. The van der Waals surface area contributed by atoms with E-state index in [4.69, 9.17) is 15.2 Å². The van der Waals surface area contributed by atoms with Crippen LogP contribution in [-0.2, 0) is 15.1 Å². The highest BCUT2D eigenvalue weighted by atomic mass is 16.5. The number of nitrogens with zero attached hydrogens (tertiary/aromatic N) is 2. The van der Waals surface area contributed by atoms with Crippen molar-refractivity contribution in [2.24, 2.45) is 5.73 Å². The number of carbonyl (C=O) groups excluding carboxylic acids is 2. The van der Waals surface area contributed by atoms with Gasteiger partial charge in [0.1, 0.15) is 0 Å². The number of rotatable bonds is 7. The Hall–Kier alpha value is -3.13. The number of carbonyl (C=O) groups is 2. The molecule has 0 spiro atoms. The standard InChI is InChI=1S/C23H28N4O4/c1-27-23(13-20(28)26-27,21(22(24)29)15-6-5-11-25-14-15)16-9-10-18(30-2)19(12-16)31-17-7-3-4-8-17/h5-6,9-12,14,17,21H,3-4,7-8,13H2,1-2H3,(H2,24,29)(H,26,28). The number of hydrogen-bond acceptors (Lipinski definition) is 6. The van der Waals surface area contributed by atoms with Crippen LogP contribution in [0.25, 0.3) is 0 Å². The van der Waals surface area contributed by atoms with Gasteiger partial charge in [0.25, 0.3) is 0 Å². The molecule has 31 heavy (non-hydrogen) atoms. The first kappa shape index (κ1) is 21.1. The molecule has 8 nitrogen and oxygen atoms in total. The van der Waals surface area contributed by atoms with Gasteiger partial charge in [0.2, 0.25) is 11.8 Å². The van der Waals surface area contributed by atoms with E-state index in [9.17, 15) is 9.59 Å². The van der Waals surface area contributed by atoms with Crippen molar-refractivity contribution in [1.82, 2.24) is 15.4 Å². The lowest BCUT2D eigenvalue weighted by atomic mass is 9.72. The third-order valence-electron chi connectivity index (χ3n) is 6.36. The molecule has 164 valence electrons. The highest BCUT2D eigenvalue weighted by Crippen LogP contribution is 2.48. The lowest BCUT2D eigenvalue weighted by Gasteiger charge is -2.40. The zero-order valence-corrected chi connectivity index (χ0v) is 17.8. The molecule has 3 N–H and O–H groups in total. The fourth-order valence-corrected chi connectivity index (χ4v) is 4.89. The van der Waals surface area contributed by atoms with Crippen LogP contribution >= 0.6 is 0 Å². The molecule has 2 fully saturated rings. The SMILES string of the molecule is COc1ccc(C2(C(C(N)=O)c3cccnc3)CC(=O)NN2C)cc1OC1CCCC1. The molecule has 1 aromatic carbocycles. The molecule has 2 aromatic rings. The van der Waals surface area contributed by atoms with Crippen LogP contribution in [0.15, 0.2) is 42.7 Å². The number of aromatic nitrogens is 1. The Labute approximate surface area is 181 Å². The largest absolute Gasteiger partial charge is 0.493 e. The zero-order chi connectivity index (χ0) is 22.0. The van der Waals surface area contributed by atoms with Gasteiger partial charge >= 0.3 is 0 Å². The fraction of sp³-hybridized carbons (Fsp3) is 0.435. The Bertz CT molecular complexity index is 961. The van der Waals surface area contributed by atoms with Crippen molar-refractivity contribution in [1.29, 1.82) is 0 Å². The second-order valence-corrected chi connectivity index (χ2v) is 8.21. The number of hydrazine groups is 1. The molecular weight excluding hydrogens is 396 g/mol. The van der Waals surface area contributed by atoms with Gasteiger partial charge in [-0.25, -0.2) is 5.01 Å². The smallest absolute Gasteiger partial charge is 0.236 e. The predicted molar refractivity (Wildman–Crippen MR) is 114 cm³/mol. The van der Waals surface area contributed by atoms with Crippen LogP contribution in [0, 0.1) is 0 Å². The number of hydrogen-bond donors (Lipinski definition) is 2. The zero-order valence-electron chi connectivity index (χ0n) is 17.8. The first-order chi connectivity index (χ1) is 15.0. The highest BCUT2D eigenvalue weighted by molar-refractivity contribution is 5.88. The Morgan fingerprint density at radius 3 is 2.65 bits per heavy atom. The van der Waals surface area contributed by atoms with Crippen molar-refractivity contribution in [2.75, 3.05) is 14.2 Å². The number of likely N-dealkylation sites (N-methyl/N-ethyl adjacent to an activating group) is 1. The first-order valence-corrected chi connectivity index (χ1v) is 10.5. The molecule has 1 aromatic heterocycles. The summed E-state index contributed by atoms with van der Waals surface area (Å²) in [5, 5.41) is 1.68. The van der Waals surface area contributed by atoms with Crippen LogP contribution in [0.1, 0.15) is 49.1 Å². The summed E-state index contributed by atoms with van der Waals surface area (Å²) in [5.74, 6) is -0.314. The van der Waals surface area contributed by atoms with E-state index >= 15 is 0 Å². The molecule has 1 saturated carbocycles.